The lowest BCUT2D eigenvalue weighted by molar-refractivity contribution is -0.163. The summed E-state index contributed by atoms with van der Waals surface area (Å²) in [5, 5.41) is 10.6. The van der Waals surface area contributed by atoms with Crippen LogP contribution in [0.1, 0.15) is 37.7 Å². The van der Waals surface area contributed by atoms with E-state index in [1.54, 1.807) is 17.0 Å². The number of amides is 1. The number of hydrogen-bond donors (Lipinski definition) is 2. The molecule has 5 rings (SSSR count). The van der Waals surface area contributed by atoms with E-state index >= 15 is 0 Å². The van der Waals surface area contributed by atoms with E-state index in [0.29, 0.717) is 49.0 Å². The van der Waals surface area contributed by atoms with Crippen molar-refractivity contribution in [2.24, 2.45) is 5.92 Å². The lowest BCUT2D eigenvalue weighted by Crippen LogP contribution is -2.64. The van der Waals surface area contributed by atoms with Crippen LogP contribution in [0.3, 0.4) is 0 Å². The van der Waals surface area contributed by atoms with Crippen LogP contribution >= 0.6 is 0 Å². The van der Waals surface area contributed by atoms with E-state index in [2.05, 4.69) is 4.98 Å². The van der Waals surface area contributed by atoms with Crippen molar-refractivity contribution in [3.05, 3.63) is 59.4 Å². The first-order valence-electron chi connectivity index (χ1n) is 10.6. The third-order valence-corrected chi connectivity index (χ3v) is 6.83. The number of β-amino-alcohol motifs (C(OH)–C–C–N with tert-alkyl or cyclic N) is 1. The fraction of sp³-hybridized carbons (Fsp3) is 0.375. The Hall–Kier alpha value is -2.80. The van der Waals surface area contributed by atoms with Gasteiger partial charge >= 0.3 is 0 Å². The number of halogens is 3. The maximum Gasteiger partial charge on any atom is 0.225 e. The predicted octanol–water partition coefficient (Wildman–Crippen LogP) is 4.73. The lowest BCUT2D eigenvalue weighted by atomic mass is 9.69. The minimum absolute atomic E-state index is 0.0231. The average molecular weight is 428 g/mol. The molecule has 2 fully saturated rings. The third-order valence-electron chi connectivity index (χ3n) is 6.83. The fourth-order valence-corrected chi connectivity index (χ4v) is 4.87. The fourth-order valence-electron chi connectivity index (χ4n) is 4.87. The Morgan fingerprint density at radius 2 is 1.81 bits per heavy atom. The molecule has 4 nitrogen and oxygen atoms in total. The molecule has 2 aliphatic rings. The van der Waals surface area contributed by atoms with Crippen molar-refractivity contribution in [2.45, 2.75) is 37.7 Å². The zero-order chi connectivity index (χ0) is 21.9. The second-order valence-corrected chi connectivity index (χ2v) is 8.87. The molecule has 3 aromatic rings. The molecule has 1 saturated heterocycles. The smallest absolute Gasteiger partial charge is 0.225 e. The monoisotopic (exact) mass is 428 g/mol. The number of nitrogens with zero attached hydrogens (tertiary/aromatic N) is 1. The Morgan fingerprint density at radius 3 is 2.45 bits per heavy atom. The first kappa shape index (κ1) is 20.1. The molecule has 1 aliphatic heterocycles. The summed E-state index contributed by atoms with van der Waals surface area (Å²) < 4.78 is 41.9. The van der Waals surface area contributed by atoms with Gasteiger partial charge in [-0.1, -0.05) is 6.92 Å². The molecule has 0 spiro atoms. The number of benzene rings is 2. The Bertz CT molecular complexity index is 1160. The molecule has 0 atom stereocenters. The standard InChI is InChI=1S/C24H23F3N2O2/c1-2-24(31)11-29(12-24)23(30)15-7-14(8-15)20-18-9-17(26)10-19(27)22(18)28-21(20)13-3-5-16(25)6-4-13/h3-6,9-10,14-15,28,31H,2,7-8,11-12H2,1H3. The highest BCUT2D eigenvalue weighted by molar-refractivity contribution is 5.92. The van der Waals surface area contributed by atoms with Crippen molar-refractivity contribution in [1.29, 1.82) is 0 Å². The molecule has 7 heteroatoms. The van der Waals surface area contributed by atoms with Crippen LogP contribution in [0, 0.1) is 23.4 Å². The zero-order valence-corrected chi connectivity index (χ0v) is 17.1. The van der Waals surface area contributed by atoms with Gasteiger partial charge < -0.3 is 15.0 Å². The van der Waals surface area contributed by atoms with Crippen molar-refractivity contribution in [3.8, 4) is 11.3 Å². The minimum Gasteiger partial charge on any atom is -0.386 e. The number of likely N-dealkylation sites (tertiary alicyclic amines) is 1. The van der Waals surface area contributed by atoms with Gasteiger partial charge in [0.15, 0.2) is 0 Å². The molecule has 1 amide bonds. The van der Waals surface area contributed by atoms with E-state index in [1.807, 2.05) is 6.92 Å². The summed E-state index contributed by atoms with van der Waals surface area (Å²) in [5.41, 5.74) is 1.50. The maximum atomic E-state index is 14.5. The van der Waals surface area contributed by atoms with Crippen molar-refractivity contribution < 1.29 is 23.1 Å². The number of fused-ring (bicyclic) bond motifs is 1. The maximum absolute atomic E-state index is 14.5. The highest BCUT2D eigenvalue weighted by Crippen LogP contribution is 2.49. The van der Waals surface area contributed by atoms with Crippen LogP contribution in [-0.4, -0.2) is 39.6 Å². The second-order valence-electron chi connectivity index (χ2n) is 8.87. The van der Waals surface area contributed by atoms with Crippen LogP contribution in [0.4, 0.5) is 13.2 Å². The third kappa shape index (κ3) is 3.31. The lowest BCUT2D eigenvalue weighted by Gasteiger charge is -2.49. The number of carbonyl (C=O) groups excluding carboxylic acids is 1. The molecule has 31 heavy (non-hydrogen) atoms. The molecular formula is C24H23F3N2O2. The van der Waals surface area contributed by atoms with Crippen molar-refractivity contribution in [1.82, 2.24) is 9.88 Å². The molecule has 1 saturated carbocycles. The predicted molar refractivity (Wildman–Crippen MR) is 111 cm³/mol. The molecule has 2 aromatic carbocycles. The van der Waals surface area contributed by atoms with E-state index in [-0.39, 0.29) is 29.1 Å². The molecule has 1 aliphatic carbocycles. The summed E-state index contributed by atoms with van der Waals surface area (Å²) in [4.78, 5) is 17.5. The van der Waals surface area contributed by atoms with E-state index in [0.717, 1.165) is 11.6 Å². The van der Waals surface area contributed by atoms with Gasteiger partial charge in [0, 0.05) is 17.4 Å². The largest absolute Gasteiger partial charge is 0.386 e. The second kappa shape index (κ2) is 7.12. The van der Waals surface area contributed by atoms with Crippen molar-refractivity contribution in [2.75, 3.05) is 13.1 Å². The van der Waals surface area contributed by atoms with Crippen LogP contribution in [0.25, 0.3) is 22.2 Å². The van der Waals surface area contributed by atoms with Gasteiger partial charge in [-0.25, -0.2) is 13.2 Å². The van der Waals surface area contributed by atoms with Crippen molar-refractivity contribution in [3.63, 3.8) is 0 Å². The van der Waals surface area contributed by atoms with Crippen LogP contribution in [0.2, 0.25) is 0 Å². The molecule has 2 N–H and O–H groups in total. The Kier molecular flexibility index (Phi) is 4.62. The number of aliphatic hydroxyl groups is 1. The van der Waals surface area contributed by atoms with Crippen LogP contribution < -0.4 is 0 Å². The van der Waals surface area contributed by atoms with Gasteiger partial charge in [0.2, 0.25) is 5.91 Å². The van der Waals surface area contributed by atoms with Crippen LogP contribution in [-0.2, 0) is 4.79 Å². The zero-order valence-electron chi connectivity index (χ0n) is 17.1. The average Bonchev–Trinajstić information content (AvgIpc) is 3.04. The van der Waals surface area contributed by atoms with Gasteiger partial charge in [0.05, 0.1) is 29.9 Å². The first-order chi connectivity index (χ1) is 14.8. The summed E-state index contributed by atoms with van der Waals surface area (Å²) in [6.45, 7) is 2.61. The van der Waals surface area contributed by atoms with Crippen LogP contribution in [0.5, 0.6) is 0 Å². The van der Waals surface area contributed by atoms with E-state index in [9.17, 15) is 23.1 Å². The van der Waals surface area contributed by atoms with E-state index < -0.39 is 17.2 Å². The molecule has 0 radical (unpaired) electrons. The van der Waals surface area contributed by atoms with Gasteiger partial charge in [-0.3, -0.25) is 4.79 Å². The highest BCUT2D eigenvalue weighted by atomic mass is 19.1. The number of carbonyl (C=O) groups is 1. The van der Waals surface area contributed by atoms with Gasteiger partial charge in [-0.2, -0.15) is 0 Å². The summed E-state index contributed by atoms with van der Waals surface area (Å²) in [7, 11) is 0. The van der Waals surface area contributed by atoms with Crippen molar-refractivity contribution >= 4 is 16.8 Å². The summed E-state index contributed by atoms with van der Waals surface area (Å²) >= 11 is 0. The SMILES string of the molecule is CCC1(O)CN(C(=O)C2CC(c3c(-c4ccc(F)cc4)[nH]c4c(F)cc(F)cc34)C2)C1. The molecule has 0 bridgehead atoms. The molecular weight excluding hydrogens is 405 g/mol. The number of aromatic nitrogens is 1. The summed E-state index contributed by atoms with van der Waals surface area (Å²) in [5.74, 6) is -1.92. The van der Waals surface area contributed by atoms with Gasteiger partial charge in [0.1, 0.15) is 17.5 Å². The normalized spacial score (nSPS) is 22.3. The van der Waals surface area contributed by atoms with Gasteiger partial charge in [0.25, 0.3) is 0 Å². The highest BCUT2D eigenvalue weighted by Gasteiger charge is 2.47. The van der Waals surface area contributed by atoms with Crippen LogP contribution in [0.15, 0.2) is 36.4 Å². The molecule has 2 heterocycles. The van der Waals surface area contributed by atoms with E-state index in [1.165, 1.54) is 18.2 Å². The Balaban J connectivity index is 1.45. The Morgan fingerprint density at radius 1 is 1.13 bits per heavy atom. The number of H-pyrrole nitrogens is 1. The molecule has 0 unspecified atom stereocenters. The topological polar surface area (TPSA) is 56.3 Å². The molecule has 1 aromatic heterocycles. The quantitative estimate of drug-likeness (QED) is 0.631. The first-order valence-corrected chi connectivity index (χ1v) is 10.6. The minimum atomic E-state index is -0.777. The summed E-state index contributed by atoms with van der Waals surface area (Å²) in [6.07, 6.45) is 1.75. The number of aromatic amines is 1. The molecule has 162 valence electrons. The number of nitrogens with one attached hydrogen (secondary N) is 1. The van der Waals surface area contributed by atoms with E-state index in [4.69, 9.17) is 0 Å². The van der Waals surface area contributed by atoms with Gasteiger partial charge in [-0.05, 0) is 66.6 Å². The number of hydrogen-bond acceptors (Lipinski definition) is 2. The Labute approximate surface area is 177 Å². The van der Waals surface area contributed by atoms with Gasteiger partial charge in [-0.15, -0.1) is 0 Å². The number of rotatable bonds is 4. The summed E-state index contributed by atoms with van der Waals surface area (Å²) in [6, 6.07) is 8.00.